The van der Waals surface area contributed by atoms with Gasteiger partial charge in [-0.05, 0) is 23.8 Å². The van der Waals surface area contributed by atoms with Crippen molar-refractivity contribution in [2.24, 2.45) is 0 Å². The van der Waals surface area contributed by atoms with Gasteiger partial charge in [0.15, 0.2) is 0 Å². The molecule has 0 aliphatic heterocycles. The molecule has 0 bridgehead atoms. The molecule has 5 heteroatoms. The Balaban J connectivity index is 2.16. The number of nitrogens with zero attached hydrogens (tertiary/aromatic N) is 2. The highest BCUT2D eigenvalue weighted by Gasteiger charge is 2.11. The Morgan fingerprint density at radius 2 is 2.12 bits per heavy atom. The highest BCUT2D eigenvalue weighted by Crippen LogP contribution is 2.25. The molecule has 1 atom stereocenters. The zero-order valence-corrected chi connectivity index (χ0v) is 11.2. The smallest absolute Gasteiger partial charge is 0.0846 e. The van der Waals surface area contributed by atoms with E-state index < -0.39 is 6.10 Å². The van der Waals surface area contributed by atoms with E-state index in [0.717, 1.165) is 15.6 Å². The molecule has 2 aromatic rings. The average Bonchev–Trinajstić information content (AvgIpc) is 2.34. The molecule has 0 fully saturated rings. The summed E-state index contributed by atoms with van der Waals surface area (Å²) >= 11 is 9.43. The molecule has 0 radical (unpaired) electrons. The number of hydrogen-bond acceptors (Lipinski definition) is 3. The Morgan fingerprint density at radius 3 is 2.76 bits per heavy atom. The fourth-order valence-corrected chi connectivity index (χ4v) is 2.26. The van der Waals surface area contributed by atoms with Crippen molar-refractivity contribution in [3.05, 3.63) is 57.3 Å². The van der Waals surface area contributed by atoms with Crippen molar-refractivity contribution in [1.29, 1.82) is 0 Å². The van der Waals surface area contributed by atoms with Crippen LogP contribution < -0.4 is 0 Å². The quantitative estimate of drug-likeness (QED) is 0.946. The standard InChI is InChI=1S/C12H10BrClN2O/c13-10-2-1-8(11(14)6-10)5-12(17)9-3-4-15-16-7-9/h1-4,6-7,12,17H,5H2. The normalized spacial score (nSPS) is 12.4. The Hall–Kier alpha value is -0.970. The molecule has 1 heterocycles. The van der Waals surface area contributed by atoms with Gasteiger partial charge >= 0.3 is 0 Å². The maximum Gasteiger partial charge on any atom is 0.0846 e. The number of aliphatic hydroxyl groups excluding tert-OH is 1. The zero-order chi connectivity index (χ0) is 12.3. The van der Waals surface area contributed by atoms with Gasteiger partial charge in [0, 0.05) is 27.7 Å². The number of aliphatic hydroxyl groups is 1. The van der Waals surface area contributed by atoms with Gasteiger partial charge in [-0.15, -0.1) is 0 Å². The molecule has 3 nitrogen and oxygen atoms in total. The molecule has 1 unspecified atom stereocenters. The summed E-state index contributed by atoms with van der Waals surface area (Å²) in [4.78, 5) is 0. The van der Waals surface area contributed by atoms with Gasteiger partial charge in [0.1, 0.15) is 0 Å². The second-order valence-corrected chi connectivity index (χ2v) is 4.95. The molecular weight excluding hydrogens is 304 g/mol. The lowest BCUT2D eigenvalue weighted by atomic mass is 10.0. The highest BCUT2D eigenvalue weighted by molar-refractivity contribution is 9.10. The van der Waals surface area contributed by atoms with Gasteiger partial charge < -0.3 is 5.11 Å². The van der Waals surface area contributed by atoms with Crippen LogP contribution in [0.4, 0.5) is 0 Å². The van der Waals surface area contributed by atoms with Crippen LogP contribution in [0.2, 0.25) is 5.02 Å². The van der Waals surface area contributed by atoms with Crippen LogP contribution in [0.3, 0.4) is 0 Å². The third-order valence-electron chi connectivity index (χ3n) is 2.42. The van der Waals surface area contributed by atoms with E-state index in [1.54, 1.807) is 18.5 Å². The Labute approximate surface area is 113 Å². The van der Waals surface area contributed by atoms with E-state index in [4.69, 9.17) is 11.6 Å². The lowest BCUT2D eigenvalue weighted by Crippen LogP contribution is -2.03. The lowest BCUT2D eigenvalue weighted by molar-refractivity contribution is 0.178. The molecule has 0 aliphatic rings. The molecule has 0 amide bonds. The van der Waals surface area contributed by atoms with Gasteiger partial charge in [0.2, 0.25) is 0 Å². The van der Waals surface area contributed by atoms with Crippen LogP contribution in [-0.4, -0.2) is 15.3 Å². The fraction of sp³-hybridized carbons (Fsp3) is 0.167. The molecular formula is C12H10BrClN2O. The topological polar surface area (TPSA) is 46.0 Å². The van der Waals surface area contributed by atoms with Gasteiger partial charge in [0.05, 0.1) is 12.3 Å². The molecule has 0 spiro atoms. The summed E-state index contributed by atoms with van der Waals surface area (Å²) in [6, 6.07) is 7.35. The van der Waals surface area contributed by atoms with E-state index in [1.807, 2.05) is 18.2 Å². The summed E-state index contributed by atoms with van der Waals surface area (Å²) in [5.74, 6) is 0. The van der Waals surface area contributed by atoms with Crippen LogP contribution in [0.25, 0.3) is 0 Å². The van der Waals surface area contributed by atoms with Crippen LogP contribution in [-0.2, 0) is 6.42 Å². The van der Waals surface area contributed by atoms with Crippen molar-refractivity contribution in [3.63, 3.8) is 0 Å². The second kappa shape index (κ2) is 5.58. The molecule has 1 aromatic carbocycles. The number of benzene rings is 1. The maximum atomic E-state index is 10.0. The van der Waals surface area contributed by atoms with E-state index in [9.17, 15) is 5.11 Å². The number of halogens is 2. The molecule has 1 N–H and O–H groups in total. The summed E-state index contributed by atoms with van der Waals surface area (Å²) < 4.78 is 0.923. The Bertz CT molecular complexity index is 507. The van der Waals surface area contributed by atoms with Crippen LogP contribution >= 0.6 is 27.5 Å². The zero-order valence-electron chi connectivity index (χ0n) is 8.85. The van der Waals surface area contributed by atoms with Crippen LogP contribution in [0.5, 0.6) is 0 Å². The van der Waals surface area contributed by atoms with Gasteiger partial charge in [0.25, 0.3) is 0 Å². The van der Waals surface area contributed by atoms with E-state index in [1.165, 1.54) is 0 Å². The van der Waals surface area contributed by atoms with Crippen LogP contribution in [0.15, 0.2) is 41.1 Å². The molecule has 2 rings (SSSR count). The minimum absolute atomic E-state index is 0.456. The van der Waals surface area contributed by atoms with Crippen molar-refractivity contribution >= 4 is 27.5 Å². The molecule has 17 heavy (non-hydrogen) atoms. The summed E-state index contributed by atoms with van der Waals surface area (Å²) in [5.41, 5.74) is 1.64. The van der Waals surface area contributed by atoms with E-state index in [2.05, 4.69) is 26.1 Å². The molecule has 0 saturated carbocycles. The van der Waals surface area contributed by atoms with Crippen molar-refractivity contribution in [2.45, 2.75) is 12.5 Å². The minimum Gasteiger partial charge on any atom is -0.388 e. The number of aromatic nitrogens is 2. The summed E-state index contributed by atoms with van der Waals surface area (Å²) in [7, 11) is 0. The van der Waals surface area contributed by atoms with Gasteiger partial charge in [-0.25, -0.2) is 0 Å². The average molecular weight is 314 g/mol. The third kappa shape index (κ3) is 3.25. The van der Waals surface area contributed by atoms with Gasteiger partial charge in [-0.3, -0.25) is 0 Å². The van der Waals surface area contributed by atoms with Gasteiger partial charge in [-0.2, -0.15) is 10.2 Å². The summed E-state index contributed by atoms with van der Waals surface area (Å²) in [6.07, 6.45) is 2.95. The van der Waals surface area contributed by atoms with E-state index >= 15 is 0 Å². The predicted molar refractivity (Wildman–Crippen MR) is 69.8 cm³/mol. The molecule has 1 aromatic heterocycles. The first kappa shape index (κ1) is 12.5. The Kier molecular flexibility index (Phi) is 4.10. The van der Waals surface area contributed by atoms with Crippen molar-refractivity contribution < 1.29 is 5.11 Å². The van der Waals surface area contributed by atoms with Crippen LogP contribution in [0, 0.1) is 0 Å². The first-order valence-corrected chi connectivity index (χ1v) is 6.22. The van der Waals surface area contributed by atoms with Crippen molar-refractivity contribution in [1.82, 2.24) is 10.2 Å². The summed E-state index contributed by atoms with van der Waals surface area (Å²) in [5, 5.41) is 18.1. The van der Waals surface area contributed by atoms with Crippen LogP contribution in [0.1, 0.15) is 17.2 Å². The van der Waals surface area contributed by atoms with E-state index in [0.29, 0.717) is 11.4 Å². The highest BCUT2D eigenvalue weighted by atomic mass is 79.9. The molecule has 88 valence electrons. The SMILES string of the molecule is OC(Cc1ccc(Br)cc1Cl)c1ccnnc1. The van der Waals surface area contributed by atoms with Gasteiger partial charge in [-0.1, -0.05) is 33.6 Å². The predicted octanol–water partition coefficient (Wildman–Crippen LogP) is 3.17. The Morgan fingerprint density at radius 1 is 1.29 bits per heavy atom. The lowest BCUT2D eigenvalue weighted by Gasteiger charge is -2.11. The fourth-order valence-electron chi connectivity index (χ4n) is 1.51. The monoisotopic (exact) mass is 312 g/mol. The van der Waals surface area contributed by atoms with Crippen molar-refractivity contribution in [2.75, 3.05) is 0 Å². The number of hydrogen-bond donors (Lipinski definition) is 1. The summed E-state index contributed by atoms with van der Waals surface area (Å²) in [6.45, 7) is 0. The maximum absolute atomic E-state index is 10.0. The third-order valence-corrected chi connectivity index (χ3v) is 3.27. The second-order valence-electron chi connectivity index (χ2n) is 3.63. The largest absolute Gasteiger partial charge is 0.388 e. The number of rotatable bonds is 3. The first-order chi connectivity index (χ1) is 8.16. The van der Waals surface area contributed by atoms with E-state index in [-0.39, 0.29) is 0 Å². The molecule has 0 aliphatic carbocycles. The minimum atomic E-state index is -0.621. The van der Waals surface area contributed by atoms with Crippen molar-refractivity contribution in [3.8, 4) is 0 Å². The molecule has 0 saturated heterocycles. The first-order valence-electron chi connectivity index (χ1n) is 5.05.